The lowest BCUT2D eigenvalue weighted by atomic mass is 10.3. The first-order chi connectivity index (χ1) is 7.33. The average molecular weight is 228 g/mol. The number of hydrogen-bond acceptors (Lipinski definition) is 4. The Morgan fingerprint density at radius 1 is 1.53 bits per heavy atom. The third-order valence-electron chi connectivity index (χ3n) is 2.64. The summed E-state index contributed by atoms with van der Waals surface area (Å²) in [6.45, 7) is 1.87. The van der Waals surface area contributed by atoms with Crippen molar-refractivity contribution in [2.75, 3.05) is 25.1 Å². The molecule has 0 bridgehead atoms. The van der Waals surface area contributed by atoms with Gasteiger partial charge in [-0.1, -0.05) is 0 Å². The molecule has 0 spiro atoms. The molecule has 1 atom stereocenters. The van der Waals surface area contributed by atoms with Crippen molar-refractivity contribution < 1.29 is 4.74 Å². The van der Waals surface area contributed by atoms with Gasteiger partial charge in [0.05, 0.1) is 17.7 Å². The van der Waals surface area contributed by atoms with Gasteiger partial charge in [0, 0.05) is 20.2 Å². The van der Waals surface area contributed by atoms with Crippen molar-refractivity contribution in [2.24, 2.45) is 0 Å². The van der Waals surface area contributed by atoms with Gasteiger partial charge in [-0.05, 0) is 18.6 Å². The van der Waals surface area contributed by atoms with Crippen molar-refractivity contribution >= 4 is 17.4 Å². The van der Waals surface area contributed by atoms with Gasteiger partial charge in [-0.2, -0.15) is 5.10 Å². The van der Waals surface area contributed by atoms with E-state index in [0.717, 1.165) is 31.0 Å². The van der Waals surface area contributed by atoms with Gasteiger partial charge in [-0.3, -0.25) is 0 Å². The first kappa shape index (κ1) is 10.6. The summed E-state index contributed by atoms with van der Waals surface area (Å²) in [5.74, 6) is 1.32. The maximum absolute atomic E-state index is 5.65. The molecule has 0 aliphatic carbocycles. The Balaban J connectivity index is 2.04. The van der Waals surface area contributed by atoms with E-state index in [1.807, 2.05) is 12.1 Å². The molecule has 1 aromatic rings. The van der Waals surface area contributed by atoms with Crippen LogP contribution >= 0.6 is 11.6 Å². The van der Waals surface area contributed by atoms with Crippen molar-refractivity contribution in [1.29, 1.82) is 0 Å². The topological polar surface area (TPSA) is 38.2 Å². The van der Waals surface area contributed by atoms with E-state index in [4.69, 9.17) is 16.3 Å². The van der Waals surface area contributed by atoms with Crippen LogP contribution in [0, 0.1) is 0 Å². The normalized spacial score (nSPS) is 20.9. The van der Waals surface area contributed by atoms with E-state index in [2.05, 4.69) is 15.1 Å². The molecule has 5 heteroatoms. The lowest BCUT2D eigenvalue weighted by molar-refractivity contribution is 0.121. The highest BCUT2D eigenvalue weighted by atomic mass is 35.5. The second kappa shape index (κ2) is 4.77. The molecular formula is C10H14ClN3O. The predicted molar refractivity (Wildman–Crippen MR) is 59.2 cm³/mol. The molecule has 1 saturated heterocycles. The van der Waals surface area contributed by atoms with E-state index in [-0.39, 0.29) is 0 Å². The van der Waals surface area contributed by atoms with Crippen LogP contribution in [0.5, 0.6) is 0 Å². The molecule has 0 saturated carbocycles. The molecule has 1 aromatic heterocycles. The van der Waals surface area contributed by atoms with Crippen molar-refractivity contribution in [1.82, 2.24) is 10.2 Å². The number of nitrogens with zero attached hydrogens (tertiary/aromatic N) is 3. The van der Waals surface area contributed by atoms with Crippen molar-refractivity contribution in [3.05, 3.63) is 17.8 Å². The summed E-state index contributed by atoms with van der Waals surface area (Å²) in [6.07, 6.45) is 1.37. The molecule has 1 fully saturated rings. The van der Waals surface area contributed by atoms with E-state index in [1.54, 1.807) is 7.11 Å². The molecule has 15 heavy (non-hydrogen) atoms. The largest absolute Gasteiger partial charge is 0.380 e. The Labute approximate surface area is 94.2 Å². The second-order valence-corrected chi connectivity index (χ2v) is 3.88. The predicted octanol–water partition coefficient (Wildman–Crippen LogP) is 1.44. The number of methoxy groups -OCH3 is 1. The molecule has 2 rings (SSSR count). The van der Waals surface area contributed by atoms with Crippen LogP contribution in [0.4, 0.5) is 5.82 Å². The number of aromatic nitrogens is 2. The third kappa shape index (κ3) is 2.38. The zero-order valence-corrected chi connectivity index (χ0v) is 9.44. The fourth-order valence-corrected chi connectivity index (χ4v) is 1.86. The lowest BCUT2D eigenvalue weighted by Gasteiger charge is -2.16. The minimum absolute atomic E-state index is 0.319. The van der Waals surface area contributed by atoms with Crippen LogP contribution in [0.15, 0.2) is 12.1 Å². The molecular weight excluding hydrogens is 214 g/mol. The van der Waals surface area contributed by atoms with E-state index < -0.39 is 0 Å². The van der Waals surface area contributed by atoms with Gasteiger partial charge in [0.2, 0.25) is 0 Å². The first-order valence-electron chi connectivity index (χ1n) is 5.00. The summed E-state index contributed by atoms with van der Waals surface area (Å²) in [7, 11) is 1.75. The first-order valence-corrected chi connectivity index (χ1v) is 5.53. The van der Waals surface area contributed by atoms with Crippen LogP contribution in [0.3, 0.4) is 0 Å². The Hall–Kier alpha value is -0.870. The summed E-state index contributed by atoms with van der Waals surface area (Å²) in [4.78, 5) is 2.18. The number of ether oxygens (including phenoxy) is 1. The van der Waals surface area contributed by atoms with Crippen LogP contribution in [-0.4, -0.2) is 36.5 Å². The number of halogens is 1. The molecule has 0 N–H and O–H groups in total. The zero-order chi connectivity index (χ0) is 10.7. The molecule has 4 nitrogen and oxygen atoms in total. The number of hydrogen-bond donors (Lipinski definition) is 0. The fourth-order valence-electron chi connectivity index (χ4n) is 1.72. The van der Waals surface area contributed by atoms with E-state index in [1.165, 1.54) is 0 Å². The molecule has 1 unspecified atom stereocenters. The van der Waals surface area contributed by atoms with Gasteiger partial charge >= 0.3 is 0 Å². The molecule has 1 aliphatic heterocycles. The van der Waals surface area contributed by atoms with Crippen molar-refractivity contribution in [3.8, 4) is 0 Å². The summed E-state index contributed by atoms with van der Waals surface area (Å²) < 4.78 is 5.30. The van der Waals surface area contributed by atoms with Gasteiger partial charge in [-0.25, -0.2) is 0 Å². The summed E-state index contributed by atoms with van der Waals surface area (Å²) >= 11 is 5.65. The highest BCUT2D eigenvalue weighted by molar-refractivity contribution is 6.16. The number of alkyl halides is 1. The standard InChI is InChI=1S/C10H14ClN3O/c1-15-9-4-5-14(7-9)10-3-2-8(6-11)12-13-10/h2-3,9H,4-7H2,1H3. The average Bonchev–Trinajstić information content (AvgIpc) is 2.78. The fraction of sp³-hybridized carbons (Fsp3) is 0.600. The maximum Gasteiger partial charge on any atom is 0.151 e. The SMILES string of the molecule is COC1CCN(c2ccc(CCl)nn2)C1. The molecule has 82 valence electrons. The minimum atomic E-state index is 0.319. The van der Waals surface area contributed by atoms with Gasteiger partial charge in [0.15, 0.2) is 5.82 Å². The summed E-state index contributed by atoms with van der Waals surface area (Å²) in [5, 5.41) is 8.16. The van der Waals surface area contributed by atoms with Crippen LogP contribution in [-0.2, 0) is 10.6 Å². The Kier molecular flexibility index (Phi) is 3.38. The zero-order valence-electron chi connectivity index (χ0n) is 8.69. The molecule has 2 heterocycles. The molecule has 1 aliphatic rings. The molecule has 0 radical (unpaired) electrons. The monoisotopic (exact) mass is 227 g/mol. The van der Waals surface area contributed by atoms with E-state index in [0.29, 0.717) is 12.0 Å². The Morgan fingerprint density at radius 2 is 2.40 bits per heavy atom. The Morgan fingerprint density at radius 3 is 2.93 bits per heavy atom. The highest BCUT2D eigenvalue weighted by Crippen LogP contribution is 2.18. The lowest BCUT2D eigenvalue weighted by Crippen LogP contribution is -2.23. The number of anilines is 1. The van der Waals surface area contributed by atoms with Gasteiger partial charge in [0.25, 0.3) is 0 Å². The van der Waals surface area contributed by atoms with Gasteiger partial charge in [-0.15, -0.1) is 16.7 Å². The van der Waals surface area contributed by atoms with Crippen LogP contribution in [0.2, 0.25) is 0 Å². The van der Waals surface area contributed by atoms with Crippen LogP contribution < -0.4 is 4.90 Å². The third-order valence-corrected chi connectivity index (χ3v) is 2.92. The molecule has 0 amide bonds. The molecule has 0 aromatic carbocycles. The van der Waals surface area contributed by atoms with Crippen LogP contribution in [0.1, 0.15) is 12.1 Å². The summed E-state index contributed by atoms with van der Waals surface area (Å²) in [6, 6.07) is 3.87. The van der Waals surface area contributed by atoms with Crippen molar-refractivity contribution in [2.45, 2.75) is 18.4 Å². The highest BCUT2D eigenvalue weighted by Gasteiger charge is 2.23. The van der Waals surface area contributed by atoms with Gasteiger partial charge < -0.3 is 9.64 Å². The second-order valence-electron chi connectivity index (χ2n) is 3.61. The van der Waals surface area contributed by atoms with Gasteiger partial charge in [0.1, 0.15) is 0 Å². The van der Waals surface area contributed by atoms with E-state index in [9.17, 15) is 0 Å². The van der Waals surface area contributed by atoms with Crippen LogP contribution in [0.25, 0.3) is 0 Å². The summed E-state index contributed by atoms with van der Waals surface area (Å²) in [5.41, 5.74) is 0.808. The minimum Gasteiger partial charge on any atom is -0.380 e. The quantitative estimate of drug-likeness (QED) is 0.733. The smallest absolute Gasteiger partial charge is 0.151 e. The maximum atomic E-state index is 5.65. The van der Waals surface area contributed by atoms with E-state index >= 15 is 0 Å². The number of rotatable bonds is 3. The van der Waals surface area contributed by atoms with Crippen molar-refractivity contribution in [3.63, 3.8) is 0 Å². The Bertz CT molecular complexity index is 317.